The highest BCUT2D eigenvalue weighted by Gasteiger charge is 2.32. The van der Waals surface area contributed by atoms with Gasteiger partial charge in [0.25, 0.3) is 0 Å². The Morgan fingerprint density at radius 3 is 2.50 bits per heavy atom. The lowest BCUT2D eigenvalue weighted by molar-refractivity contribution is -0.131. The van der Waals surface area contributed by atoms with Gasteiger partial charge in [0.1, 0.15) is 0 Å². The SMILES string of the molecule is C=CN1C=CC(C)(C)C1=O. The van der Waals surface area contributed by atoms with Crippen molar-refractivity contribution in [3.63, 3.8) is 0 Å². The number of hydrogen-bond acceptors (Lipinski definition) is 1. The molecule has 0 atom stereocenters. The second-order valence-corrected chi connectivity index (χ2v) is 2.93. The zero-order valence-electron chi connectivity index (χ0n) is 6.29. The Kier molecular flexibility index (Phi) is 1.39. The fraction of sp³-hybridized carbons (Fsp3) is 0.375. The molecule has 0 N–H and O–H groups in total. The van der Waals surface area contributed by atoms with E-state index in [1.165, 1.54) is 11.1 Å². The Balaban J connectivity index is 2.87. The van der Waals surface area contributed by atoms with Crippen molar-refractivity contribution < 1.29 is 4.79 Å². The minimum atomic E-state index is -0.339. The molecular weight excluding hydrogens is 126 g/mol. The quantitative estimate of drug-likeness (QED) is 0.536. The number of hydrogen-bond donors (Lipinski definition) is 0. The molecular formula is C8H11NO. The lowest BCUT2D eigenvalue weighted by Crippen LogP contribution is -2.26. The van der Waals surface area contributed by atoms with Gasteiger partial charge < -0.3 is 0 Å². The standard InChI is InChI=1S/C8H11NO/c1-4-9-6-5-8(2,3)7(9)10/h4-6H,1H2,2-3H3. The number of nitrogens with zero attached hydrogens (tertiary/aromatic N) is 1. The molecule has 0 unspecified atom stereocenters. The molecule has 1 aliphatic heterocycles. The van der Waals surface area contributed by atoms with Crippen LogP contribution in [0, 0.1) is 5.41 Å². The van der Waals surface area contributed by atoms with Gasteiger partial charge in [-0.1, -0.05) is 12.7 Å². The van der Waals surface area contributed by atoms with Crippen LogP contribution in [0.2, 0.25) is 0 Å². The molecule has 0 aliphatic carbocycles. The van der Waals surface area contributed by atoms with Gasteiger partial charge in [-0.05, 0) is 13.8 Å². The van der Waals surface area contributed by atoms with E-state index >= 15 is 0 Å². The van der Waals surface area contributed by atoms with Crippen LogP contribution in [0.3, 0.4) is 0 Å². The molecule has 0 radical (unpaired) electrons. The molecule has 0 aromatic rings. The molecule has 0 fully saturated rings. The predicted octanol–water partition coefficient (Wildman–Crippen LogP) is 1.51. The third-order valence-electron chi connectivity index (χ3n) is 1.63. The number of carbonyl (C=O) groups is 1. The molecule has 0 saturated heterocycles. The van der Waals surface area contributed by atoms with Gasteiger partial charge in [0.2, 0.25) is 5.91 Å². The second-order valence-electron chi connectivity index (χ2n) is 2.93. The van der Waals surface area contributed by atoms with E-state index in [0.717, 1.165) is 0 Å². The van der Waals surface area contributed by atoms with Crippen LogP contribution in [-0.2, 0) is 4.79 Å². The summed E-state index contributed by atoms with van der Waals surface area (Å²) < 4.78 is 0. The van der Waals surface area contributed by atoms with E-state index in [1.54, 1.807) is 6.20 Å². The van der Waals surface area contributed by atoms with Crippen molar-refractivity contribution >= 4 is 5.91 Å². The molecule has 54 valence electrons. The predicted molar refractivity (Wildman–Crippen MR) is 40.0 cm³/mol. The lowest BCUT2D eigenvalue weighted by atomic mass is 9.95. The molecule has 0 spiro atoms. The van der Waals surface area contributed by atoms with Gasteiger partial charge in [0, 0.05) is 12.4 Å². The van der Waals surface area contributed by atoms with E-state index in [-0.39, 0.29) is 11.3 Å². The van der Waals surface area contributed by atoms with Crippen LogP contribution in [0.1, 0.15) is 13.8 Å². The zero-order valence-corrected chi connectivity index (χ0v) is 6.29. The first kappa shape index (κ1) is 7.06. The van der Waals surface area contributed by atoms with E-state index in [4.69, 9.17) is 0 Å². The Bertz CT molecular complexity index is 203. The maximum Gasteiger partial charge on any atom is 0.240 e. The minimum Gasteiger partial charge on any atom is -0.295 e. The van der Waals surface area contributed by atoms with Crippen molar-refractivity contribution in [3.05, 3.63) is 25.1 Å². The molecule has 1 rings (SSSR count). The van der Waals surface area contributed by atoms with Gasteiger partial charge in [0.05, 0.1) is 5.41 Å². The van der Waals surface area contributed by atoms with E-state index in [2.05, 4.69) is 6.58 Å². The molecule has 1 amide bonds. The van der Waals surface area contributed by atoms with Gasteiger partial charge in [-0.25, -0.2) is 0 Å². The average molecular weight is 137 g/mol. The van der Waals surface area contributed by atoms with Gasteiger partial charge in [0.15, 0.2) is 0 Å². The highest BCUT2D eigenvalue weighted by molar-refractivity contribution is 5.88. The zero-order chi connectivity index (χ0) is 7.78. The maximum absolute atomic E-state index is 11.3. The summed E-state index contributed by atoms with van der Waals surface area (Å²) in [7, 11) is 0. The van der Waals surface area contributed by atoms with Gasteiger partial charge in [-0.15, -0.1) is 0 Å². The third-order valence-corrected chi connectivity index (χ3v) is 1.63. The van der Waals surface area contributed by atoms with Crippen molar-refractivity contribution in [1.82, 2.24) is 4.90 Å². The van der Waals surface area contributed by atoms with Crippen LogP contribution < -0.4 is 0 Å². The molecule has 2 nitrogen and oxygen atoms in total. The largest absolute Gasteiger partial charge is 0.295 e. The van der Waals surface area contributed by atoms with E-state index in [0.29, 0.717) is 0 Å². The number of rotatable bonds is 1. The smallest absolute Gasteiger partial charge is 0.240 e. The fourth-order valence-corrected chi connectivity index (χ4v) is 0.882. The Labute approximate surface area is 60.8 Å². The van der Waals surface area contributed by atoms with Crippen molar-refractivity contribution in [2.24, 2.45) is 5.41 Å². The van der Waals surface area contributed by atoms with Crippen LogP contribution >= 0.6 is 0 Å². The summed E-state index contributed by atoms with van der Waals surface area (Å²) in [6, 6.07) is 0. The second kappa shape index (κ2) is 1.97. The topological polar surface area (TPSA) is 20.3 Å². The molecule has 1 heterocycles. The van der Waals surface area contributed by atoms with E-state index < -0.39 is 0 Å². The summed E-state index contributed by atoms with van der Waals surface area (Å²) in [5.74, 6) is 0.0856. The summed E-state index contributed by atoms with van der Waals surface area (Å²) >= 11 is 0. The fourth-order valence-electron chi connectivity index (χ4n) is 0.882. The minimum absolute atomic E-state index is 0.0856. The molecule has 1 aliphatic rings. The molecule has 0 bridgehead atoms. The van der Waals surface area contributed by atoms with Gasteiger partial charge in [-0.2, -0.15) is 0 Å². The number of carbonyl (C=O) groups excluding carboxylic acids is 1. The lowest BCUT2D eigenvalue weighted by Gasteiger charge is -2.15. The molecule has 0 aromatic heterocycles. The summed E-state index contributed by atoms with van der Waals surface area (Å²) in [6.07, 6.45) is 5.14. The summed E-state index contributed by atoms with van der Waals surface area (Å²) in [4.78, 5) is 12.8. The summed E-state index contributed by atoms with van der Waals surface area (Å²) in [5, 5.41) is 0. The monoisotopic (exact) mass is 137 g/mol. The first-order valence-electron chi connectivity index (χ1n) is 3.22. The Morgan fingerprint density at radius 1 is 1.70 bits per heavy atom. The first-order valence-corrected chi connectivity index (χ1v) is 3.22. The van der Waals surface area contributed by atoms with Crippen LogP contribution in [0.4, 0.5) is 0 Å². The highest BCUT2D eigenvalue weighted by atomic mass is 16.2. The Hall–Kier alpha value is -1.05. The molecule has 0 aromatic carbocycles. The summed E-state index contributed by atoms with van der Waals surface area (Å²) in [6.45, 7) is 7.28. The van der Waals surface area contributed by atoms with Crippen molar-refractivity contribution in [2.75, 3.05) is 0 Å². The molecule has 10 heavy (non-hydrogen) atoms. The van der Waals surface area contributed by atoms with Gasteiger partial charge >= 0.3 is 0 Å². The van der Waals surface area contributed by atoms with Crippen LogP contribution in [-0.4, -0.2) is 10.8 Å². The molecule has 0 saturated carbocycles. The van der Waals surface area contributed by atoms with Crippen molar-refractivity contribution in [2.45, 2.75) is 13.8 Å². The van der Waals surface area contributed by atoms with Crippen molar-refractivity contribution in [1.29, 1.82) is 0 Å². The highest BCUT2D eigenvalue weighted by Crippen LogP contribution is 2.26. The first-order chi connectivity index (χ1) is 4.58. The summed E-state index contributed by atoms with van der Waals surface area (Å²) in [5.41, 5.74) is -0.339. The maximum atomic E-state index is 11.3. The number of amides is 1. The van der Waals surface area contributed by atoms with Crippen LogP contribution in [0.15, 0.2) is 25.1 Å². The van der Waals surface area contributed by atoms with Crippen LogP contribution in [0.5, 0.6) is 0 Å². The third kappa shape index (κ3) is 0.856. The van der Waals surface area contributed by atoms with E-state index in [9.17, 15) is 4.79 Å². The Morgan fingerprint density at radius 2 is 2.30 bits per heavy atom. The van der Waals surface area contributed by atoms with Crippen LogP contribution in [0.25, 0.3) is 0 Å². The average Bonchev–Trinajstić information content (AvgIpc) is 2.10. The molecule has 2 heteroatoms. The van der Waals surface area contributed by atoms with E-state index in [1.807, 2.05) is 19.9 Å². The normalized spacial score (nSPS) is 21.8. The van der Waals surface area contributed by atoms with Gasteiger partial charge in [-0.3, -0.25) is 9.69 Å². The van der Waals surface area contributed by atoms with Crippen molar-refractivity contribution in [3.8, 4) is 0 Å².